The molecule has 302 valence electrons. The molecule has 5 heterocycles. The summed E-state index contributed by atoms with van der Waals surface area (Å²) in [6, 6.07) is 9.48. The summed E-state index contributed by atoms with van der Waals surface area (Å²) in [6.07, 6.45) is 5.28. The van der Waals surface area contributed by atoms with Gasteiger partial charge in [-0.1, -0.05) is 6.07 Å². The third-order valence-corrected chi connectivity index (χ3v) is 9.66. The lowest BCUT2D eigenvalue weighted by Gasteiger charge is -2.27. The van der Waals surface area contributed by atoms with E-state index in [0.29, 0.717) is 53.5 Å². The van der Waals surface area contributed by atoms with Gasteiger partial charge in [0.05, 0.1) is 67.2 Å². The molecule has 0 radical (unpaired) electrons. The van der Waals surface area contributed by atoms with Crippen LogP contribution in [0.25, 0.3) is 16.9 Å². The highest BCUT2D eigenvalue weighted by Gasteiger charge is 2.45. The minimum Gasteiger partial charge on any atom is -0.382 e. The van der Waals surface area contributed by atoms with Gasteiger partial charge < -0.3 is 30.2 Å². The lowest BCUT2D eigenvalue weighted by atomic mass is 10.0. The minimum absolute atomic E-state index is 0.0432. The zero-order chi connectivity index (χ0) is 40.6. The van der Waals surface area contributed by atoms with E-state index in [2.05, 4.69) is 42.4 Å². The van der Waals surface area contributed by atoms with Crippen LogP contribution in [0.5, 0.6) is 0 Å². The highest BCUT2D eigenvalue weighted by molar-refractivity contribution is 6.25. The molecule has 1 saturated heterocycles. The van der Waals surface area contributed by atoms with E-state index in [1.54, 1.807) is 30.5 Å². The molecule has 4 aromatic rings. The van der Waals surface area contributed by atoms with Crippen LogP contribution in [0.2, 0.25) is 0 Å². The Balaban J connectivity index is 0.757. The first-order chi connectivity index (χ1) is 28.2. The van der Waals surface area contributed by atoms with Crippen molar-refractivity contribution in [3.05, 3.63) is 71.2 Å². The van der Waals surface area contributed by atoms with Crippen molar-refractivity contribution in [2.24, 2.45) is 0 Å². The van der Waals surface area contributed by atoms with E-state index in [4.69, 9.17) is 19.5 Å². The van der Waals surface area contributed by atoms with Crippen LogP contribution in [0.1, 0.15) is 68.7 Å². The molecule has 4 N–H and O–H groups in total. The summed E-state index contributed by atoms with van der Waals surface area (Å²) in [6.45, 7) is 1.65. The van der Waals surface area contributed by atoms with Gasteiger partial charge in [-0.25, -0.2) is 14.4 Å². The highest BCUT2D eigenvalue weighted by atomic mass is 19.1. The quantitative estimate of drug-likeness (QED) is 0.0743. The molecule has 2 aliphatic heterocycles. The predicted octanol–water partition coefficient (Wildman–Crippen LogP) is 2.28. The summed E-state index contributed by atoms with van der Waals surface area (Å²) in [5, 5.41) is 25.5. The zero-order valence-corrected chi connectivity index (χ0v) is 31.4. The Morgan fingerprint density at radius 1 is 0.948 bits per heavy atom. The van der Waals surface area contributed by atoms with Crippen molar-refractivity contribution < 1.29 is 42.6 Å². The van der Waals surface area contributed by atoms with Crippen molar-refractivity contribution in [3.63, 3.8) is 0 Å². The van der Waals surface area contributed by atoms with Crippen molar-refractivity contribution in [2.75, 3.05) is 63.4 Å². The number of alkyl halides is 1. The van der Waals surface area contributed by atoms with Crippen LogP contribution in [0, 0.1) is 11.3 Å². The standard InChI is InChI=1S/C39H41FN10O8/c40-25(21-45-36(52)28-22-43-32(17-30(28)47-26-4-5-26)50-35-24(20-46-50)16-23(18-41)19-44-35)8-10-56-12-14-58-15-13-57-11-9-42-29-3-1-2-27-34(29)39(55)49(38(27)54)31-6-7-33(51)48-37(31)53/h1-3,16-17,19-20,22,25-26,31,42H,4-15,21H2,(H,43,47)(H,45,52)(H,48,51,53). The number of piperidine rings is 1. The van der Waals surface area contributed by atoms with Gasteiger partial charge in [0, 0.05) is 68.1 Å². The molecule has 5 amide bonds. The zero-order valence-electron chi connectivity index (χ0n) is 31.4. The van der Waals surface area contributed by atoms with Gasteiger partial charge in [0.1, 0.15) is 18.3 Å². The molecule has 0 bridgehead atoms. The lowest BCUT2D eigenvalue weighted by Crippen LogP contribution is -2.54. The minimum atomic E-state index is -1.33. The van der Waals surface area contributed by atoms with Gasteiger partial charge in [-0.05, 0) is 37.5 Å². The second kappa shape index (κ2) is 18.3. The van der Waals surface area contributed by atoms with E-state index >= 15 is 0 Å². The molecule has 2 atom stereocenters. The highest BCUT2D eigenvalue weighted by Crippen LogP contribution is 2.32. The van der Waals surface area contributed by atoms with Crippen LogP contribution < -0.4 is 21.3 Å². The molecular weight excluding hydrogens is 755 g/mol. The second-order valence-corrected chi connectivity index (χ2v) is 13.8. The number of benzene rings is 1. The average Bonchev–Trinajstić information content (AvgIpc) is 3.88. The Morgan fingerprint density at radius 3 is 2.48 bits per heavy atom. The van der Waals surface area contributed by atoms with Gasteiger partial charge in [0.15, 0.2) is 11.5 Å². The number of nitrogens with zero attached hydrogens (tertiary/aromatic N) is 6. The van der Waals surface area contributed by atoms with Crippen molar-refractivity contribution in [2.45, 2.75) is 50.4 Å². The van der Waals surface area contributed by atoms with E-state index in [-0.39, 0.29) is 75.0 Å². The van der Waals surface area contributed by atoms with Crippen LogP contribution >= 0.6 is 0 Å². The average molecular weight is 797 g/mol. The maximum Gasteiger partial charge on any atom is 0.264 e. The number of nitrogens with one attached hydrogen (secondary N) is 4. The maximum absolute atomic E-state index is 14.7. The number of anilines is 2. The first-order valence-electron chi connectivity index (χ1n) is 19.0. The number of carbonyl (C=O) groups excluding carboxylic acids is 5. The third-order valence-electron chi connectivity index (χ3n) is 9.66. The van der Waals surface area contributed by atoms with E-state index < -0.39 is 41.7 Å². The number of hydrogen-bond acceptors (Lipinski definition) is 14. The Kier molecular flexibility index (Phi) is 12.6. The van der Waals surface area contributed by atoms with Crippen molar-refractivity contribution in [1.29, 1.82) is 5.26 Å². The van der Waals surface area contributed by atoms with Crippen LogP contribution in [0.15, 0.2) is 48.9 Å². The predicted molar refractivity (Wildman–Crippen MR) is 204 cm³/mol. The largest absolute Gasteiger partial charge is 0.382 e. The van der Waals surface area contributed by atoms with Gasteiger partial charge >= 0.3 is 0 Å². The molecule has 1 aliphatic carbocycles. The Labute approximate surface area is 331 Å². The molecule has 18 nitrogen and oxygen atoms in total. The molecule has 2 unspecified atom stereocenters. The molecule has 0 spiro atoms. The van der Waals surface area contributed by atoms with Gasteiger partial charge in [-0.15, -0.1) is 0 Å². The fourth-order valence-corrected chi connectivity index (χ4v) is 6.53. The molecule has 1 saturated carbocycles. The summed E-state index contributed by atoms with van der Waals surface area (Å²) >= 11 is 0. The monoisotopic (exact) mass is 796 g/mol. The first kappa shape index (κ1) is 39.9. The number of nitriles is 1. The van der Waals surface area contributed by atoms with Gasteiger partial charge in [0.25, 0.3) is 17.7 Å². The second-order valence-electron chi connectivity index (χ2n) is 13.8. The number of pyridine rings is 2. The van der Waals surface area contributed by atoms with Crippen LogP contribution in [-0.2, 0) is 23.8 Å². The van der Waals surface area contributed by atoms with Crippen molar-refractivity contribution >= 4 is 51.9 Å². The maximum atomic E-state index is 14.7. The van der Waals surface area contributed by atoms with Crippen LogP contribution in [0.3, 0.4) is 0 Å². The summed E-state index contributed by atoms with van der Waals surface area (Å²) in [7, 11) is 0. The van der Waals surface area contributed by atoms with Crippen LogP contribution in [0.4, 0.5) is 15.8 Å². The SMILES string of the molecule is N#Cc1cnc2c(cnn2-c2cc(NC3CC3)c(C(=O)NCC(F)CCOCCOCCOCCNc3cccc4c3C(=O)N(C3CCC(=O)NC3=O)C4=O)cn2)c1. The number of hydrogen-bond donors (Lipinski definition) is 4. The smallest absolute Gasteiger partial charge is 0.264 e. The summed E-state index contributed by atoms with van der Waals surface area (Å²) in [5.41, 5.74) is 2.57. The number of amides is 5. The number of imide groups is 2. The number of fused-ring (bicyclic) bond motifs is 2. The molecule has 3 aromatic heterocycles. The van der Waals surface area contributed by atoms with E-state index in [1.165, 1.54) is 23.1 Å². The number of carbonyl (C=O) groups is 5. The Hall–Kier alpha value is -6.36. The molecule has 1 aromatic carbocycles. The topological polar surface area (TPSA) is 232 Å². The summed E-state index contributed by atoms with van der Waals surface area (Å²) in [4.78, 5) is 72.8. The molecular formula is C39H41FN10O8. The normalized spacial score (nSPS) is 16.9. The summed E-state index contributed by atoms with van der Waals surface area (Å²) < 4.78 is 32.8. The van der Waals surface area contributed by atoms with Crippen molar-refractivity contribution in [3.8, 4) is 11.9 Å². The Morgan fingerprint density at radius 2 is 1.72 bits per heavy atom. The number of aromatic nitrogens is 4. The van der Waals surface area contributed by atoms with Gasteiger partial charge in [-0.3, -0.25) is 34.2 Å². The number of halogens is 1. The summed E-state index contributed by atoms with van der Waals surface area (Å²) in [5.74, 6) is -2.30. The molecule has 58 heavy (non-hydrogen) atoms. The molecule has 19 heteroatoms. The fourth-order valence-electron chi connectivity index (χ4n) is 6.53. The van der Waals surface area contributed by atoms with Crippen molar-refractivity contribution in [1.82, 2.24) is 35.3 Å². The molecule has 2 fully saturated rings. The molecule has 3 aliphatic rings. The third kappa shape index (κ3) is 9.26. The Bertz CT molecular complexity index is 2260. The fraction of sp³-hybridized carbons (Fsp3) is 0.410. The molecule has 7 rings (SSSR count). The number of ether oxygens (including phenoxy) is 3. The first-order valence-corrected chi connectivity index (χ1v) is 19.0. The van der Waals surface area contributed by atoms with E-state index in [0.717, 1.165) is 17.7 Å². The van der Waals surface area contributed by atoms with Crippen LogP contribution in [-0.4, -0.2) is 125 Å². The van der Waals surface area contributed by atoms with Gasteiger partial charge in [0.2, 0.25) is 11.8 Å². The lowest BCUT2D eigenvalue weighted by molar-refractivity contribution is -0.136. The number of rotatable bonds is 20. The van der Waals surface area contributed by atoms with E-state index in [9.17, 15) is 28.4 Å². The van der Waals surface area contributed by atoms with Gasteiger partial charge in [-0.2, -0.15) is 15.0 Å². The van der Waals surface area contributed by atoms with E-state index in [1.807, 2.05) is 0 Å².